The molecule has 0 spiro atoms. The van der Waals surface area contributed by atoms with Gasteiger partial charge in [-0.3, -0.25) is 0 Å². The molecule has 2 N–H and O–H groups in total. The first-order valence-electron chi connectivity index (χ1n) is 5.27. The third-order valence-electron chi connectivity index (χ3n) is 2.27. The molecule has 0 saturated heterocycles. The third-order valence-corrected chi connectivity index (χ3v) is 4.51. The number of nitrogens with two attached hydrogens (primary N) is 1. The van der Waals surface area contributed by atoms with Crippen molar-refractivity contribution in [2.24, 2.45) is 5.73 Å². The molecule has 1 aromatic carbocycles. The Balaban J connectivity index is 2.63. The van der Waals surface area contributed by atoms with Crippen LogP contribution < -0.4 is 5.73 Å². The summed E-state index contributed by atoms with van der Waals surface area (Å²) >= 11 is 1.65. The maximum Gasteiger partial charge on any atom is 0.178 e. The summed E-state index contributed by atoms with van der Waals surface area (Å²) in [5.41, 5.74) is 6.37. The van der Waals surface area contributed by atoms with Gasteiger partial charge >= 0.3 is 0 Å². The predicted octanol–water partition coefficient (Wildman–Crippen LogP) is 2.06. The molecule has 1 aromatic rings. The lowest BCUT2D eigenvalue weighted by atomic mass is 10.3. The Labute approximate surface area is 107 Å². The van der Waals surface area contributed by atoms with Crippen molar-refractivity contribution in [3.05, 3.63) is 42.1 Å². The van der Waals surface area contributed by atoms with Gasteiger partial charge in [0.25, 0.3) is 0 Å². The van der Waals surface area contributed by atoms with Crippen molar-refractivity contribution in [1.82, 2.24) is 0 Å². The number of sulfone groups is 1. The van der Waals surface area contributed by atoms with Gasteiger partial charge in [0.05, 0.1) is 10.6 Å². The first kappa shape index (κ1) is 14.1. The summed E-state index contributed by atoms with van der Waals surface area (Å²) in [6.45, 7) is 0. The highest BCUT2D eigenvalue weighted by molar-refractivity contribution is 7.98. The smallest absolute Gasteiger partial charge is 0.178 e. The van der Waals surface area contributed by atoms with Crippen LogP contribution in [0.15, 0.2) is 47.0 Å². The molecule has 0 aliphatic heterocycles. The Morgan fingerprint density at radius 1 is 1.35 bits per heavy atom. The van der Waals surface area contributed by atoms with Crippen LogP contribution in [0.3, 0.4) is 0 Å². The van der Waals surface area contributed by atoms with Crippen LogP contribution in [0.1, 0.15) is 6.42 Å². The van der Waals surface area contributed by atoms with Crippen LogP contribution in [-0.2, 0) is 9.84 Å². The monoisotopic (exact) mass is 271 g/mol. The summed E-state index contributed by atoms with van der Waals surface area (Å²) in [6.07, 6.45) is 4.23. The molecule has 5 heteroatoms. The highest BCUT2D eigenvalue weighted by atomic mass is 32.2. The Bertz CT molecular complexity index is 467. The van der Waals surface area contributed by atoms with Crippen molar-refractivity contribution in [2.45, 2.75) is 11.3 Å². The summed E-state index contributed by atoms with van der Waals surface area (Å²) in [5, 5.41) is 0. The van der Waals surface area contributed by atoms with E-state index in [0.717, 1.165) is 5.75 Å². The van der Waals surface area contributed by atoms with E-state index in [1.54, 1.807) is 42.1 Å². The lowest BCUT2D eigenvalue weighted by molar-refractivity contribution is 0.595. The minimum absolute atomic E-state index is 0.0632. The second-order valence-corrected chi connectivity index (χ2v) is 6.64. The van der Waals surface area contributed by atoms with Crippen molar-refractivity contribution in [1.29, 1.82) is 0 Å². The molecule has 0 heterocycles. The second-order valence-electron chi connectivity index (χ2n) is 3.62. The molecule has 0 bridgehead atoms. The topological polar surface area (TPSA) is 60.2 Å². The van der Waals surface area contributed by atoms with Crippen LogP contribution in [0.2, 0.25) is 0 Å². The molecule has 0 aliphatic carbocycles. The maximum atomic E-state index is 11.9. The number of hydrogen-bond acceptors (Lipinski definition) is 4. The van der Waals surface area contributed by atoms with Crippen LogP contribution >= 0.6 is 11.8 Å². The molecule has 0 fully saturated rings. The van der Waals surface area contributed by atoms with Gasteiger partial charge in [-0.05, 0) is 18.4 Å². The average Bonchev–Trinajstić information content (AvgIpc) is 2.35. The molecule has 17 heavy (non-hydrogen) atoms. The van der Waals surface area contributed by atoms with E-state index in [2.05, 4.69) is 0 Å². The van der Waals surface area contributed by atoms with Gasteiger partial charge in [-0.25, -0.2) is 8.42 Å². The van der Waals surface area contributed by atoms with Crippen LogP contribution in [0, 0.1) is 0 Å². The van der Waals surface area contributed by atoms with Gasteiger partial charge in [0.2, 0.25) is 0 Å². The van der Waals surface area contributed by atoms with Crippen LogP contribution in [0.5, 0.6) is 0 Å². The van der Waals surface area contributed by atoms with Crippen molar-refractivity contribution in [2.75, 3.05) is 17.8 Å². The number of benzene rings is 1. The first-order valence-corrected chi connectivity index (χ1v) is 8.32. The van der Waals surface area contributed by atoms with Gasteiger partial charge in [0.1, 0.15) is 0 Å². The zero-order valence-electron chi connectivity index (χ0n) is 9.80. The highest BCUT2D eigenvalue weighted by Crippen LogP contribution is 2.12. The molecular weight excluding hydrogens is 254 g/mol. The van der Waals surface area contributed by atoms with E-state index in [1.165, 1.54) is 0 Å². The van der Waals surface area contributed by atoms with Gasteiger partial charge in [-0.1, -0.05) is 24.3 Å². The fraction of sp³-hybridized carbons (Fsp3) is 0.333. The Hall–Kier alpha value is -0.940. The maximum absolute atomic E-state index is 11.9. The summed E-state index contributed by atoms with van der Waals surface area (Å²) in [4.78, 5) is 0.359. The quantitative estimate of drug-likeness (QED) is 0.860. The van der Waals surface area contributed by atoms with Crippen LogP contribution in [-0.4, -0.2) is 26.2 Å². The molecule has 0 aromatic heterocycles. The molecule has 1 rings (SSSR count). The number of hydrogen-bond donors (Lipinski definition) is 1. The number of thioether (sulfide) groups is 1. The van der Waals surface area contributed by atoms with E-state index >= 15 is 0 Å². The van der Waals surface area contributed by atoms with Crippen molar-refractivity contribution in [3.8, 4) is 0 Å². The first-order chi connectivity index (χ1) is 8.06. The predicted molar refractivity (Wildman–Crippen MR) is 73.8 cm³/mol. The van der Waals surface area contributed by atoms with Gasteiger partial charge in [-0.15, -0.1) is 0 Å². The average molecular weight is 271 g/mol. The van der Waals surface area contributed by atoms with E-state index in [1.807, 2.05) is 12.3 Å². The molecule has 3 nitrogen and oxygen atoms in total. The molecule has 0 saturated carbocycles. The van der Waals surface area contributed by atoms with E-state index in [0.29, 0.717) is 17.0 Å². The van der Waals surface area contributed by atoms with Crippen molar-refractivity contribution < 1.29 is 8.42 Å². The number of allylic oxidation sites excluding steroid dienone is 1. The second kappa shape index (κ2) is 6.71. The van der Waals surface area contributed by atoms with E-state index in [4.69, 9.17) is 5.73 Å². The van der Waals surface area contributed by atoms with Gasteiger partial charge < -0.3 is 5.73 Å². The summed E-state index contributed by atoms with van der Waals surface area (Å²) in [7, 11) is -3.21. The third kappa shape index (κ3) is 4.83. The lowest BCUT2D eigenvalue weighted by Crippen LogP contribution is -2.10. The summed E-state index contributed by atoms with van der Waals surface area (Å²) in [5.74, 6) is 0.880. The largest absolute Gasteiger partial charge is 0.402 e. The summed E-state index contributed by atoms with van der Waals surface area (Å²) < 4.78 is 23.8. The highest BCUT2D eigenvalue weighted by Gasteiger charge is 2.13. The number of rotatable bonds is 6. The SMILES string of the molecule is CSC/C=C(\N)CCS(=O)(=O)c1ccccc1. The fourth-order valence-corrected chi connectivity index (χ4v) is 2.98. The molecule has 0 radical (unpaired) electrons. The van der Waals surface area contributed by atoms with Crippen LogP contribution in [0.25, 0.3) is 0 Å². The normalized spacial score (nSPS) is 12.6. The van der Waals surface area contributed by atoms with Crippen molar-refractivity contribution in [3.63, 3.8) is 0 Å². The molecule has 0 amide bonds. The van der Waals surface area contributed by atoms with E-state index in [-0.39, 0.29) is 5.75 Å². The fourth-order valence-electron chi connectivity index (χ4n) is 1.29. The zero-order valence-corrected chi connectivity index (χ0v) is 11.4. The van der Waals surface area contributed by atoms with Crippen molar-refractivity contribution >= 4 is 21.6 Å². The Morgan fingerprint density at radius 2 is 2.00 bits per heavy atom. The van der Waals surface area contributed by atoms with E-state index in [9.17, 15) is 8.42 Å². The van der Waals surface area contributed by atoms with Gasteiger partial charge in [0, 0.05) is 17.9 Å². The lowest BCUT2D eigenvalue weighted by Gasteiger charge is -2.04. The minimum Gasteiger partial charge on any atom is -0.402 e. The molecule has 0 aliphatic rings. The minimum atomic E-state index is -3.21. The molecular formula is C12H17NO2S2. The van der Waals surface area contributed by atoms with Gasteiger partial charge in [0.15, 0.2) is 9.84 Å². The Kier molecular flexibility index (Phi) is 5.58. The molecule has 0 unspecified atom stereocenters. The summed E-state index contributed by atoms with van der Waals surface area (Å²) in [6, 6.07) is 8.46. The van der Waals surface area contributed by atoms with Crippen LogP contribution in [0.4, 0.5) is 0 Å². The standard InChI is InChI=1S/C12H17NO2S2/c1-16-9-7-11(13)8-10-17(14,15)12-5-3-2-4-6-12/h2-7H,8-10,13H2,1H3/b11-7-. The Morgan fingerprint density at radius 3 is 2.59 bits per heavy atom. The molecule has 94 valence electrons. The molecule has 0 atom stereocenters. The zero-order chi connectivity index (χ0) is 12.7. The van der Waals surface area contributed by atoms with E-state index < -0.39 is 9.84 Å². The van der Waals surface area contributed by atoms with Gasteiger partial charge in [-0.2, -0.15) is 11.8 Å².